The highest BCUT2D eigenvalue weighted by molar-refractivity contribution is 5.85. The Morgan fingerprint density at radius 1 is 1.07 bits per heavy atom. The summed E-state index contributed by atoms with van der Waals surface area (Å²) in [6.45, 7) is 4.98. The number of benzene rings is 1. The number of amides is 1. The van der Waals surface area contributed by atoms with E-state index < -0.39 is 0 Å². The number of hydrogen-bond acceptors (Lipinski definition) is 4. The normalized spacial score (nSPS) is 19.3. The smallest absolute Gasteiger partial charge is 0.223 e. The van der Waals surface area contributed by atoms with Gasteiger partial charge in [-0.1, -0.05) is 37.5 Å². The monoisotopic (exact) mass is 431 g/mol. The van der Waals surface area contributed by atoms with E-state index in [1.807, 2.05) is 23.1 Å². The van der Waals surface area contributed by atoms with E-state index in [2.05, 4.69) is 11.0 Å². The first-order valence-electron chi connectivity index (χ1n) is 9.98. The third-order valence-electron chi connectivity index (χ3n) is 6.18. The van der Waals surface area contributed by atoms with Crippen molar-refractivity contribution in [3.8, 4) is 5.75 Å². The molecule has 1 saturated carbocycles. The van der Waals surface area contributed by atoms with Crippen molar-refractivity contribution >= 4 is 30.7 Å². The SMILES string of the molecule is COc1ccccc1CN1CCN(C(=O)CC2(CN)CCCCC2)CC1.Cl.Cl. The number of nitrogens with two attached hydrogens (primary N) is 1. The molecule has 1 saturated heterocycles. The molecule has 1 aliphatic heterocycles. The van der Waals surface area contributed by atoms with Crippen LogP contribution in [-0.4, -0.2) is 55.5 Å². The summed E-state index contributed by atoms with van der Waals surface area (Å²) >= 11 is 0. The molecule has 0 atom stereocenters. The number of para-hydroxylation sites is 1. The average molecular weight is 432 g/mol. The first-order valence-corrected chi connectivity index (χ1v) is 9.98. The Bertz CT molecular complexity index is 601. The maximum atomic E-state index is 12.8. The average Bonchev–Trinajstić information content (AvgIpc) is 2.69. The molecular formula is C21H35Cl2N3O2. The molecule has 0 unspecified atom stereocenters. The van der Waals surface area contributed by atoms with Gasteiger partial charge in [-0.2, -0.15) is 0 Å². The van der Waals surface area contributed by atoms with Gasteiger partial charge in [0.05, 0.1) is 7.11 Å². The maximum Gasteiger partial charge on any atom is 0.223 e. The largest absolute Gasteiger partial charge is 0.496 e. The van der Waals surface area contributed by atoms with E-state index >= 15 is 0 Å². The second-order valence-corrected chi connectivity index (χ2v) is 7.91. The minimum Gasteiger partial charge on any atom is -0.496 e. The van der Waals surface area contributed by atoms with Gasteiger partial charge in [0.2, 0.25) is 5.91 Å². The number of halogens is 2. The Kier molecular flexibility index (Phi) is 10.6. The molecule has 160 valence electrons. The van der Waals surface area contributed by atoms with E-state index in [4.69, 9.17) is 10.5 Å². The van der Waals surface area contributed by atoms with Gasteiger partial charge in [0.15, 0.2) is 0 Å². The number of rotatable bonds is 6. The summed E-state index contributed by atoms with van der Waals surface area (Å²) in [5, 5.41) is 0. The summed E-state index contributed by atoms with van der Waals surface area (Å²) in [6.07, 6.45) is 6.59. The van der Waals surface area contributed by atoms with E-state index in [0.717, 1.165) is 51.3 Å². The standard InChI is InChI=1S/C21H33N3O2.2ClH/c1-26-19-8-4-3-7-18(19)16-23-11-13-24(14-12-23)20(25)15-21(17-22)9-5-2-6-10-21;;/h3-4,7-8H,2,5-6,9-17,22H2,1H3;2*1H. The van der Waals surface area contributed by atoms with Gasteiger partial charge in [-0.25, -0.2) is 0 Å². The van der Waals surface area contributed by atoms with Gasteiger partial charge in [-0.15, -0.1) is 24.8 Å². The number of ether oxygens (including phenoxy) is 1. The molecule has 0 radical (unpaired) electrons. The Balaban J connectivity index is 0.00000196. The Morgan fingerprint density at radius 3 is 2.32 bits per heavy atom. The number of methoxy groups -OCH3 is 1. The third-order valence-corrected chi connectivity index (χ3v) is 6.18. The molecule has 3 rings (SSSR count). The van der Waals surface area contributed by atoms with Crippen LogP contribution in [0.15, 0.2) is 24.3 Å². The molecule has 0 spiro atoms. The quantitative estimate of drug-likeness (QED) is 0.748. The van der Waals surface area contributed by atoms with Gasteiger partial charge in [-0.05, 0) is 30.9 Å². The molecule has 1 amide bonds. The molecule has 2 aliphatic rings. The van der Waals surface area contributed by atoms with Gasteiger partial charge in [-0.3, -0.25) is 9.69 Å². The van der Waals surface area contributed by atoms with Gasteiger partial charge in [0, 0.05) is 44.7 Å². The van der Waals surface area contributed by atoms with Crippen LogP contribution in [-0.2, 0) is 11.3 Å². The summed E-state index contributed by atoms with van der Waals surface area (Å²) in [4.78, 5) is 17.3. The molecule has 0 bridgehead atoms. The fourth-order valence-electron chi connectivity index (χ4n) is 4.42. The molecule has 2 N–H and O–H groups in total. The van der Waals surface area contributed by atoms with Crippen LogP contribution in [0.3, 0.4) is 0 Å². The molecule has 5 nitrogen and oxygen atoms in total. The van der Waals surface area contributed by atoms with Crippen LogP contribution in [0.1, 0.15) is 44.1 Å². The van der Waals surface area contributed by atoms with Crippen molar-refractivity contribution in [2.24, 2.45) is 11.1 Å². The van der Waals surface area contributed by atoms with Gasteiger partial charge in [0.1, 0.15) is 5.75 Å². The fourth-order valence-corrected chi connectivity index (χ4v) is 4.42. The molecule has 28 heavy (non-hydrogen) atoms. The Labute approximate surface area is 181 Å². The van der Waals surface area contributed by atoms with Crippen LogP contribution in [0.2, 0.25) is 0 Å². The molecule has 1 heterocycles. The van der Waals surface area contributed by atoms with E-state index in [9.17, 15) is 4.79 Å². The summed E-state index contributed by atoms with van der Waals surface area (Å²) in [5.41, 5.74) is 7.33. The molecule has 2 fully saturated rings. The Morgan fingerprint density at radius 2 is 1.71 bits per heavy atom. The number of piperazine rings is 1. The summed E-state index contributed by atoms with van der Waals surface area (Å²) in [6, 6.07) is 8.17. The molecule has 1 aliphatic carbocycles. The van der Waals surface area contributed by atoms with Crippen molar-refractivity contribution in [1.29, 1.82) is 0 Å². The van der Waals surface area contributed by atoms with Gasteiger partial charge < -0.3 is 15.4 Å². The van der Waals surface area contributed by atoms with Crippen LogP contribution in [0.5, 0.6) is 5.75 Å². The van der Waals surface area contributed by atoms with Crippen molar-refractivity contribution in [3.05, 3.63) is 29.8 Å². The van der Waals surface area contributed by atoms with Crippen LogP contribution in [0.25, 0.3) is 0 Å². The zero-order chi connectivity index (χ0) is 18.4. The number of carbonyl (C=O) groups is 1. The number of hydrogen-bond donors (Lipinski definition) is 1. The lowest BCUT2D eigenvalue weighted by Crippen LogP contribution is -2.50. The van der Waals surface area contributed by atoms with Gasteiger partial charge >= 0.3 is 0 Å². The van der Waals surface area contributed by atoms with Crippen molar-refractivity contribution in [2.75, 3.05) is 39.8 Å². The summed E-state index contributed by atoms with van der Waals surface area (Å²) in [7, 11) is 1.72. The van der Waals surface area contributed by atoms with Crippen LogP contribution >= 0.6 is 24.8 Å². The second kappa shape index (κ2) is 11.9. The van der Waals surface area contributed by atoms with E-state index in [1.165, 1.54) is 24.8 Å². The first-order chi connectivity index (χ1) is 12.7. The first kappa shape index (κ1) is 25.0. The molecule has 0 aromatic heterocycles. The number of nitrogens with zero attached hydrogens (tertiary/aromatic N) is 2. The zero-order valence-corrected chi connectivity index (χ0v) is 18.5. The highest BCUT2D eigenvalue weighted by atomic mass is 35.5. The lowest BCUT2D eigenvalue weighted by molar-refractivity contribution is -0.136. The van der Waals surface area contributed by atoms with Crippen LogP contribution in [0.4, 0.5) is 0 Å². The van der Waals surface area contributed by atoms with Crippen molar-refractivity contribution in [3.63, 3.8) is 0 Å². The molecule has 1 aromatic rings. The predicted octanol–water partition coefficient (Wildman–Crippen LogP) is 3.48. The fraction of sp³-hybridized carbons (Fsp3) is 0.667. The molecule has 7 heteroatoms. The van der Waals surface area contributed by atoms with Gasteiger partial charge in [0.25, 0.3) is 0 Å². The van der Waals surface area contributed by atoms with Crippen LogP contribution in [0, 0.1) is 5.41 Å². The minimum absolute atomic E-state index is 0. The summed E-state index contributed by atoms with van der Waals surface area (Å²) < 4.78 is 5.45. The number of carbonyl (C=O) groups excluding carboxylic acids is 1. The highest BCUT2D eigenvalue weighted by Crippen LogP contribution is 2.38. The summed E-state index contributed by atoms with van der Waals surface area (Å²) in [5.74, 6) is 1.24. The van der Waals surface area contributed by atoms with Crippen molar-refractivity contribution < 1.29 is 9.53 Å². The topological polar surface area (TPSA) is 58.8 Å². The van der Waals surface area contributed by atoms with Crippen molar-refractivity contribution in [2.45, 2.75) is 45.1 Å². The highest BCUT2D eigenvalue weighted by Gasteiger charge is 2.35. The van der Waals surface area contributed by atoms with Crippen LogP contribution < -0.4 is 10.5 Å². The second-order valence-electron chi connectivity index (χ2n) is 7.91. The molecular weight excluding hydrogens is 397 g/mol. The van der Waals surface area contributed by atoms with E-state index in [0.29, 0.717) is 18.9 Å². The van der Waals surface area contributed by atoms with E-state index in [-0.39, 0.29) is 30.2 Å². The lowest BCUT2D eigenvalue weighted by atomic mass is 9.71. The minimum atomic E-state index is 0. The maximum absolute atomic E-state index is 12.8. The zero-order valence-electron chi connectivity index (χ0n) is 16.9. The van der Waals surface area contributed by atoms with E-state index in [1.54, 1.807) is 7.11 Å². The Hall–Kier alpha value is -1.01. The lowest BCUT2D eigenvalue weighted by Gasteiger charge is -2.39. The predicted molar refractivity (Wildman–Crippen MR) is 119 cm³/mol. The van der Waals surface area contributed by atoms with Crippen molar-refractivity contribution in [1.82, 2.24) is 9.80 Å². The third kappa shape index (κ3) is 6.24. The molecule has 1 aromatic carbocycles.